The summed E-state index contributed by atoms with van der Waals surface area (Å²) >= 11 is 0. The lowest BCUT2D eigenvalue weighted by Crippen LogP contribution is -2.29. The average Bonchev–Trinajstić information content (AvgIpc) is 3.35. The van der Waals surface area contributed by atoms with Crippen molar-refractivity contribution in [2.75, 3.05) is 26.4 Å². The molecule has 0 rings (SSSR count). The lowest BCUT2D eigenvalue weighted by molar-refractivity contribution is -0.161. The standard InChI is InChI=1S/C60H120NO8P/c1-3-5-7-9-11-13-15-17-19-21-22-23-24-25-26-27-28-29-30-31-32-33-34-35-37-39-41-43-45-47-49-51-53-60(63)69-58(57-68-70(64,65)67-55-54-61)56-66-59(62)52-50-48-46-44-42-40-38-36-20-18-16-14-12-10-8-6-4-2/h58H,3-57,61H2,1-2H3,(H,64,65). The fraction of sp³-hybridized carbons (Fsp3) is 0.967. The van der Waals surface area contributed by atoms with Gasteiger partial charge in [0.2, 0.25) is 0 Å². The van der Waals surface area contributed by atoms with Crippen molar-refractivity contribution in [3.8, 4) is 0 Å². The first kappa shape index (κ1) is 69.0. The van der Waals surface area contributed by atoms with Crippen molar-refractivity contribution >= 4 is 19.8 Å². The molecule has 0 radical (unpaired) electrons. The van der Waals surface area contributed by atoms with E-state index in [-0.39, 0.29) is 38.6 Å². The summed E-state index contributed by atoms with van der Waals surface area (Å²) in [5.74, 6) is -0.802. The Morgan fingerprint density at radius 3 is 0.871 bits per heavy atom. The van der Waals surface area contributed by atoms with E-state index in [0.29, 0.717) is 6.42 Å². The summed E-state index contributed by atoms with van der Waals surface area (Å²) < 4.78 is 33.1. The molecule has 0 aromatic heterocycles. The third-order valence-electron chi connectivity index (χ3n) is 14.2. The van der Waals surface area contributed by atoms with E-state index in [2.05, 4.69) is 13.8 Å². The number of esters is 2. The van der Waals surface area contributed by atoms with Crippen LogP contribution in [0, 0.1) is 0 Å². The van der Waals surface area contributed by atoms with E-state index in [0.717, 1.165) is 32.1 Å². The maximum atomic E-state index is 12.7. The van der Waals surface area contributed by atoms with Crippen molar-refractivity contribution in [3.63, 3.8) is 0 Å². The third-order valence-corrected chi connectivity index (χ3v) is 15.2. The molecule has 70 heavy (non-hydrogen) atoms. The Hall–Kier alpha value is -0.990. The van der Waals surface area contributed by atoms with Crippen LogP contribution < -0.4 is 5.73 Å². The molecule has 0 amide bonds. The molecular formula is C60H120NO8P. The Morgan fingerprint density at radius 2 is 0.614 bits per heavy atom. The number of carbonyl (C=O) groups excluding carboxylic acids is 2. The highest BCUT2D eigenvalue weighted by atomic mass is 31.2. The van der Waals surface area contributed by atoms with Gasteiger partial charge in [-0.05, 0) is 12.8 Å². The first-order valence-corrected chi connectivity index (χ1v) is 32.5. The molecule has 0 aliphatic rings. The number of phosphoric acid groups is 1. The zero-order chi connectivity index (χ0) is 51.0. The molecule has 3 N–H and O–H groups in total. The minimum absolute atomic E-state index is 0.0586. The Labute approximate surface area is 435 Å². The van der Waals surface area contributed by atoms with Crippen molar-refractivity contribution in [1.82, 2.24) is 0 Å². The van der Waals surface area contributed by atoms with E-state index < -0.39 is 26.5 Å². The maximum absolute atomic E-state index is 12.7. The predicted octanol–water partition coefficient (Wildman–Crippen LogP) is 19.5. The van der Waals surface area contributed by atoms with E-state index in [1.165, 1.54) is 276 Å². The Kier molecular flexibility index (Phi) is 56.5. The minimum Gasteiger partial charge on any atom is -0.462 e. The molecular weight excluding hydrogens is 894 g/mol. The third kappa shape index (κ3) is 56.3. The average molecular weight is 1010 g/mol. The second-order valence-corrected chi connectivity index (χ2v) is 22.8. The van der Waals surface area contributed by atoms with Crippen LogP contribution >= 0.6 is 7.82 Å². The molecule has 0 aromatic carbocycles. The number of phosphoric ester groups is 1. The van der Waals surface area contributed by atoms with Crippen molar-refractivity contribution < 1.29 is 37.6 Å². The van der Waals surface area contributed by atoms with E-state index in [4.69, 9.17) is 24.3 Å². The Morgan fingerprint density at radius 1 is 0.371 bits per heavy atom. The maximum Gasteiger partial charge on any atom is 0.472 e. The molecule has 418 valence electrons. The number of hydrogen-bond donors (Lipinski definition) is 2. The van der Waals surface area contributed by atoms with E-state index in [1.807, 2.05) is 0 Å². The van der Waals surface area contributed by atoms with Gasteiger partial charge >= 0.3 is 19.8 Å². The number of carbonyl (C=O) groups is 2. The van der Waals surface area contributed by atoms with Gasteiger partial charge in [0.1, 0.15) is 6.61 Å². The van der Waals surface area contributed by atoms with Crippen LogP contribution in [0.5, 0.6) is 0 Å². The first-order valence-electron chi connectivity index (χ1n) is 31.0. The fourth-order valence-corrected chi connectivity index (χ4v) is 10.4. The van der Waals surface area contributed by atoms with Crippen LogP contribution in [0.1, 0.15) is 341 Å². The van der Waals surface area contributed by atoms with Gasteiger partial charge in [-0.1, -0.05) is 316 Å². The van der Waals surface area contributed by atoms with Crippen LogP contribution in [0.2, 0.25) is 0 Å². The molecule has 2 unspecified atom stereocenters. The smallest absolute Gasteiger partial charge is 0.462 e. The summed E-state index contributed by atoms with van der Waals surface area (Å²) in [4.78, 5) is 35.2. The molecule has 0 saturated heterocycles. The quantitative estimate of drug-likeness (QED) is 0.0347. The topological polar surface area (TPSA) is 134 Å². The molecule has 10 heteroatoms. The summed E-state index contributed by atoms with van der Waals surface area (Å²) in [6, 6.07) is 0. The van der Waals surface area contributed by atoms with Gasteiger partial charge in [0.05, 0.1) is 13.2 Å². The second-order valence-electron chi connectivity index (χ2n) is 21.3. The van der Waals surface area contributed by atoms with Gasteiger partial charge in [-0.3, -0.25) is 18.6 Å². The van der Waals surface area contributed by atoms with Gasteiger partial charge in [-0.2, -0.15) is 0 Å². The molecule has 0 saturated carbocycles. The minimum atomic E-state index is -4.38. The summed E-state index contributed by atoms with van der Waals surface area (Å²) in [6.45, 7) is 3.82. The lowest BCUT2D eigenvalue weighted by Gasteiger charge is -2.19. The molecule has 0 spiro atoms. The van der Waals surface area contributed by atoms with E-state index in [9.17, 15) is 19.0 Å². The van der Waals surface area contributed by atoms with Gasteiger partial charge < -0.3 is 20.1 Å². The monoisotopic (exact) mass is 1010 g/mol. The van der Waals surface area contributed by atoms with Crippen LogP contribution in [-0.4, -0.2) is 49.3 Å². The largest absolute Gasteiger partial charge is 0.472 e. The summed E-state index contributed by atoms with van der Waals surface area (Å²) in [5.41, 5.74) is 5.38. The fourth-order valence-electron chi connectivity index (χ4n) is 9.64. The van der Waals surface area contributed by atoms with Crippen LogP contribution in [0.15, 0.2) is 0 Å². The van der Waals surface area contributed by atoms with Gasteiger partial charge in [-0.25, -0.2) is 4.57 Å². The van der Waals surface area contributed by atoms with E-state index in [1.54, 1.807) is 0 Å². The zero-order valence-electron chi connectivity index (χ0n) is 46.8. The second kappa shape index (κ2) is 57.3. The van der Waals surface area contributed by atoms with Crippen LogP contribution in [0.3, 0.4) is 0 Å². The number of rotatable bonds is 60. The van der Waals surface area contributed by atoms with Crippen molar-refractivity contribution in [2.24, 2.45) is 5.73 Å². The normalized spacial score (nSPS) is 12.9. The number of hydrogen-bond acceptors (Lipinski definition) is 8. The van der Waals surface area contributed by atoms with Crippen molar-refractivity contribution in [1.29, 1.82) is 0 Å². The molecule has 0 aliphatic heterocycles. The Bertz CT molecular complexity index is 1110. The number of unbranched alkanes of at least 4 members (excludes halogenated alkanes) is 47. The van der Waals surface area contributed by atoms with Crippen LogP contribution in [0.4, 0.5) is 0 Å². The Balaban J connectivity index is 3.81. The van der Waals surface area contributed by atoms with Crippen LogP contribution in [-0.2, 0) is 32.7 Å². The SMILES string of the molecule is CCCCCCCCCCCCCCCCCCCCCCCCCCCCCCCCCCC(=O)OC(COC(=O)CCCCCCCCCCCCCCCCCCC)COP(=O)(O)OCCN. The van der Waals surface area contributed by atoms with Crippen LogP contribution in [0.25, 0.3) is 0 Å². The van der Waals surface area contributed by atoms with Gasteiger partial charge in [-0.15, -0.1) is 0 Å². The molecule has 0 fully saturated rings. The summed E-state index contributed by atoms with van der Waals surface area (Å²) in [7, 11) is -4.38. The predicted molar refractivity (Wildman–Crippen MR) is 298 cm³/mol. The molecule has 9 nitrogen and oxygen atoms in total. The highest BCUT2D eigenvalue weighted by Crippen LogP contribution is 2.43. The molecule has 0 heterocycles. The number of nitrogens with two attached hydrogens (primary N) is 1. The highest BCUT2D eigenvalue weighted by Gasteiger charge is 2.26. The molecule has 2 atom stereocenters. The van der Waals surface area contributed by atoms with Gasteiger partial charge in [0.25, 0.3) is 0 Å². The lowest BCUT2D eigenvalue weighted by atomic mass is 10.0. The zero-order valence-corrected chi connectivity index (χ0v) is 47.7. The van der Waals surface area contributed by atoms with Crippen molar-refractivity contribution in [2.45, 2.75) is 347 Å². The first-order chi connectivity index (χ1) is 34.3. The molecule has 0 aliphatic carbocycles. The van der Waals surface area contributed by atoms with Gasteiger partial charge in [0.15, 0.2) is 6.10 Å². The summed E-state index contributed by atoms with van der Waals surface area (Å²) in [5, 5.41) is 0. The number of ether oxygens (including phenoxy) is 2. The van der Waals surface area contributed by atoms with E-state index >= 15 is 0 Å². The molecule has 0 aromatic rings. The highest BCUT2D eigenvalue weighted by molar-refractivity contribution is 7.47. The van der Waals surface area contributed by atoms with Crippen molar-refractivity contribution in [3.05, 3.63) is 0 Å². The van der Waals surface area contributed by atoms with Gasteiger partial charge in [0, 0.05) is 19.4 Å². The molecule has 0 bridgehead atoms. The summed E-state index contributed by atoms with van der Waals surface area (Å²) in [6.07, 6.45) is 64.7.